The molecule has 0 unspecified atom stereocenters. The first kappa shape index (κ1) is 13.6. The molecule has 1 amide bonds. The Morgan fingerprint density at radius 2 is 1.80 bits per heavy atom. The van der Waals surface area contributed by atoms with Gasteiger partial charge in [0, 0.05) is 5.56 Å². The number of benzene rings is 1. The van der Waals surface area contributed by atoms with E-state index in [2.05, 4.69) is 11.4 Å². The Balaban J connectivity index is 1.70. The molecule has 3 heteroatoms. The number of fused-ring (bicyclic) bond motifs is 1. The Bertz CT molecular complexity index is 498. The van der Waals surface area contributed by atoms with Gasteiger partial charge in [0.1, 0.15) is 0 Å². The van der Waals surface area contributed by atoms with E-state index in [0.717, 1.165) is 44.1 Å². The molecule has 108 valence electrons. The minimum atomic E-state index is -0.384. The van der Waals surface area contributed by atoms with E-state index in [0.29, 0.717) is 0 Å². The van der Waals surface area contributed by atoms with E-state index in [-0.39, 0.29) is 18.1 Å². The van der Waals surface area contributed by atoms with Crippen LogP contribution in [-0.2, 0) is 12.8 Å². The number of aliphatic hydroxyl groups excluding tert-OH is 1. The molecule has 0 saturated heterocycles. The number of rotatable bonds is 2. The molecule has 0 aliphatic heterocycles. The van der Waals surface area contributed by atoms with Gasteiger partial charge in [0.15, 0.2) is 0 Å². The fourth-order valence-electron chi connectivity index (χ4n) is 3.41. The number of hydrogen-bond acceptors (Lipinski definition) is 2. The molecule has 0 aromatic heterocycles. The van der Waals surface area contributed by atoms with Crippen molar-refractivity contribution in [1.29, 1.82) is 0 Å². The number of hydrogen-bond donors (Lipinski definition) is 2. The van der Waals surface area contributed by atoms with Gasteiger partial charge in [0.25, 0.3) is 5.91 Å². The predicted octanol–water partition coefficient (Wildman–Crippen LogP) is 2.60. The summed E-state index contributed by atoms with van der Waals surface area (Å²) in [6, 6.07) is 5.99. The Labute approximate surface area is 120 Å². The monoisotopic (exact) mass is 273 g/mol. The zero-order chi connectivity index (χ0) is 13.9. The molecule has 0 heterocycles. The van der Waals surface area contributed by atoms with Gasteiger partial charge in [0.05, 0.1) is 12.1 Å². The van der Waals surface area contributed by atoms with Crippen LogP contribution >= 0.6 is 0 Å². The number of aryl methyl sites for hydroxylation is 2. The molecule has 1 aromatic carbocycles. The Morgan fingerprint density at radius 1 is 1.05 bits per heavy atom. The van der Waals surface area contributed by atoms with E-state index in [1.54, 1.807) is 0 Å². The van der Waals surface area contributed by atoms with Crippen LogP contribution in [0.2, 0.25) is 0 Å². The average Bonchev–Trinajstić information content (AvgIpc) is 2.49. The largest absolute Gasteiger partial charge is 0.391 e. The summed E-state index contributed by atoms with van der Waals surface area (Å²) in [4.78, 5) is 12.3. The predicted molar refractivity (Wildman–Crippen MR) is 78.8 cm³/mol. The Kier molecular flexibility index (Phi) is 4.06. The van der Waals surface area contributed by atoms with Crippen molar-refractivity contribution < 1.29 is 9.90 Å². The molecule has 0 spiro atoms. The maximum atomic E-state index is 12.3. The number of carbonyl (C=O) groups excluding carboxylic acids is 1. The lowest BCUT2D eigenvalue weighted by Gasteiger charge is -2.28. The lowest BCUT2D eigenvalue weighted by atomic mass is 9.89. The zero-order valence-corrected chi connectivity index (χ0v) is 11.9. The molecule has 3 nitrogen and oxygen atoms in total. The summed E-state index contributed by atoms with van der Waals surface area (Å²) in [6.07, 6.45) is 8.16. The quantitative estimate of drug-likeness (QED) is 0.870. The summed E-state index contributed by atoms with van der Waals surface area (Å²) in [6.45, 7) is 0. The second-order valence-electron chi connectivity index (χ2n) is 6.12. The summed E-state index contributed by atoms with van der Waals surface area (Å²) in [5.41, 5.74) is 3.46. The summed E-state index contributed by atoms with van der Waals surface area (Å²) in [5, 5.41) is 12.9. The van der Waals surface area contributed by atoms with Gasteiger partial charge in [-0.15, -0.1) is 0 Å². The first-order chi connectivity index (χ1) is 9.74. The highest BCUT2D eigenvalue weighted by atomic mass is 16.3. The van der Waals surface area contributed by atoms with Gasteiger partial charge in [-0.3, -0.25) is 4.79 Å². The minimum Gasteiger partial charge on any atom is -0.391 e. The standard InChI is InChI=1S/C17H23NO2/c19-16-8-4-3-7-15(16)18-17(20)14-10-9-12-5-1-2-6-13(12)11-14/h9-11,15-16,19H,1-8H2,(H,18,20)/t15-,16-/m0/s1. The SMILES string of the molecule is O=C(N[C@H]1CCCC[C@@H]1O)c1ccc2c(c1)CCCC2. The third-order valence-electron chi connectivity index (χ3n) is 4.66. The summed E-state index contributed by atoms with van der Waals surface area (Å²) >= 11 is 0. The van der Waals surface area contributed by atoms with Gasteiger partial charge in [-0.1, -0.05) is 18.9 Å². The van der Waals surface area contributed by atoms with Crippen molar-refractivity contribution in [3.63, 3.8) is 0 Å². The molecule has 0 bridgehead atoms. The fourth-order valence-corrected chi connectivity index (χ4v) is 3.41. The van der Waals surface area contributed by atoms with Crippen LogP contribution in [0.4, 0.5) is 0 Å². The van der Waals surface area contributed by atoms with Crippen molar-refractivity contribution >= 4 is 5.91 Å². The molecule has 2 aliphatic carbocycles. The maximum Gasteiger partial charge on any atom is 0.251 e. The van der Waals surface area contributed by atoms with E-state index < -0.39 is 0 Å². The van der Waals surface area contributed by atoms with Crippen LogP contribution in [0.5, 0.6) is 0 Å². The first-order valence-corrected chi connectivity index (χ1v) is 7.85. The Hall–Kier alpha value is -1.35. The van der Waals surface area contributed by atoms with Crippen molar-refractivity contribution in [1.82, 2.24) is 5.32 Å². The minimum absolute atomic E-state index is 0.0377. The van der Waals surface area contributed by atoms with Crippen molar-refractivity contribution in [2.24, 2.45) is 0 Å². The van der Waals surface area contributed by atoms with Crippen molar-refractivity contribution in [3.8, 4) is 0 Å². The van der Waals surface area contributed by atoms with E-state index in [1.807, 2.05) is 12.1 Å². The third kappa shape index (κ3) is 2.88. The second kappa shape index (κ2) is 5.96. The normalized spacial score (nSPS) is 25.9. The van der Waals surface area contributed by atoms with Crippen LogP contribution in [-0.4, -0.2) is 23.2 Å². The van der Waals surface area contributed by atoms with Crippen LogP contribution in [0.3, 0.4) is 0 Å². The van der Waals surface area contributed by atoms with Gasteiger partial charge in [0.2, 0.25) is 0 Å². The lowest BCUT2D eigenvalue weighted by molar-refractivity contribution is 0.0717. The van der Waals surface area contributed by atoms with Crippen LogP contribution in [0.1, 0.15) is 60.0 Å². The molecule has 2 N–H and O–H groups in total. The molecular weight excluding hydrogens is 250 g/mol. The van der Waals surface area contributed by atoms with Crippen LogP contribution in [0, 0.1) is 0 Å². The van der Waals surface area contributed by atoms with Crippen LogP contribution < -0.4 is 5.32 Å². The molecule has 2 aliphatic rings. The highest BCUT2D eigenvalue weighted by molar-refractivity contribution is 5.94. The Morgan fingerprint density at radius 3 is 2.60 bits per heavy atom. The number of amides is 1. The van der Waals surface area contributed by atoms with Gasteiger partial charge in [-0.25, -0.2) is 0 Å². The van der Waals surface area contributed by atoms with Gasteiger partial charge >= 0.3 is 0 Å². The number of aliphatic hydroxyl groups is 1. The molecule has 1 aromatic rings. The average molecular weight is 273 g/mol. The van der Waals surface area contributed by atoms with E-state index in [9.17, 15) is 9.90 Å². The zero-order valence-electron chi connectivity index (χ0n) is 11.9. The summed E-state index contributed by atoms with van der Waals surface area (Å²) in [7, 11) is 0. The smallest absolute Gasteiger partial charge is 0.251 e. The van der Waals surface area contributed by atoms with E-state index in [1.165, 1.54) is 24.0 Å². The van der Waals surface area contributed by atoms with Gasteiger partial charge in [-0.2, -0.15) is 0 Å². The van der Waals surface area contributed by atoms with Crippen LogP contribution in [0.15, 0.2) is 18.2 Å². The van der Waals surface area contributed by atoms with Crippen molar-refractivity contribution in [2.75, 3.05) is 0 Å². The molecular formula is C17H23NO2. The number of nitrogens with one attached hydrogen (secondary N) is 1. The fraction of sp³-hybridized carbons (Fsp3) is 0.588. The van der Waals surface area contributed by atoms with Gasteiger partial charge < -0.3 is 10.4 Å². The molecule has 1 saturated carbocycles. The highest BCUT2D eigenvalue weighted by Crippen LogP contribution is 2.23. The molecule has 0 radical (unpaired) electrons. The molecule has 3 rings (SSSR count). The molecule has 20 heavy (non-hydrogen) atoms. The second-order valence-corrected chi connectivity index (χ2v) is 6.12. The lowest BCUT2D eigenvalue weighted by Crippen LogP contribution is -2.45. The van der Waals surface area contributed by atoms with E-state index in [4.69, 9.17) is 0 Å². The van der Waals surface area contributed by atoms with Crippen molar-refractivity contribution in [3.05, 3.63) is 34.9 Å². The summed E-state index contributed by atoms with van der Waals surface area (Å²) < 4.78 is 0. The van der Waals surface area contributed by atoms with Gasteiger partial charge in [-0.05, 0) is 61.8 Å². The summed E-state index contributed by atoms with van der Waals surface area (Å²) in [5.74, 6) is -0.0377. The van der Waals surface area contributed by atoms with E-state index >= 15 is 0 Å². The first-order valence-electron chi connectivity index (χ1n) is 7.85. The maximum absolute atomic E-state index is 12.3. The highest BCUT2D eigenvalue weighted by Gasteiger charge is 2.25. The van der Waals surface area contributed by atoms with Crippen molar-refractivity contribution in [2.45, 2.75) is 63.5 Å². The topological polar surface area (TPSA) is 49.3 Å². The third-order valence-corrected chi connectivity index (χ3v) is 4.66. The number of carbonyl (C=O) groups is 1. The molecule has 1 fully saturated rings. The molecule has 2 atom stereocenters. The van der Waals surface area contributed by atoms with Crippen LogP contribution in [0.25, 0.3) is 0 Å².